The SMILES string of the molecule is C=CC(=O)On1cncc1CCN. The van der Waals surface area contributed by atoms with E-state index in [-0.39, 0.29) is 0 Å². The molecule has 0 bridgehead atoms. The smallest absolute Gasteiger partial charge is 0.331 e. The third kappa shape index (κ3) is 2.41. The van der Waals surface area contributed by atoms with Gasteiger partial charge in [-0.15, -0.1) is 0 Å². The van der Waals surface area contributed by atoms with E-state index in [0.717, 1.165) is 11.8 Å². The van der Waals surface area contributed by atoms with Crippen molar-refractivity contribution in [3.63, 3.8) is 0 Å². The summed E-state index contributed by atoms with van der Waals surface area (Å²) in [7, 11) is 0. The second kappa shape index (κ2) is 4.42. The summed E-state index contributed by atoms with van der Waals surface area (Å²) < 4.78 is 1.29. The van der Waals surface area contributed by atoms with Crippen molar-refractivity contribution >= 4 is 5.97 Å². The Bertz CT molecular complexity index is 306. The Hall–Kier alpha value is -1.62. The van der Waals surface area contributed by atoms with Gasteiger partial charge in [-0.1, -0.05) is 6.58 Å². The summed E-state index contributed by atoms with van der Waals surface area (Å²) in [5, 5.41) is 0. The molecule has 13 heavy (non-hydrogen) atoms. The number of hydrogen-bond donors (Lipinski definition) is 1. The number of rotatable bonds is 4. The summed E-state index contributed by atoms with van der Waals surface area (Å²) in [5.41, 5.74) is 6.11. The van der Waals surface area contributed by atoms with Gasteiger partial charge in [-0.3, -0.25) is 0 Å². The van der Waals surface area contributed by atoms with Gasteiger partial charge in [0.15, 0.2) is 0 Å². The Kier molecular flexibility index (Phi) is 3.22. The molecule has 0 saturated heterocycles. The lowest BCUT2D eigenvalue weighted by molar-refractivity contribution is -0.138. The third-order valence-corrected chi connectivity index (χ3v) is 1.43. The highest BCUT2D eigenvalue weighted by molar-refractivity contribution is 5.81. The van der Waals surface area contributed by atoms with Crippen molar-refractivity contribution in [1.82, 2.24) is 9.71 Å². The maximum absolute atomic E-state index is 10.8. The van der Waals surface area contributed by atoms with Crippen LogP contribution in [0.2, 0.25) is 0 Å². The fraction of sp³-hybridized carbons (Fsp3) is 0.250. The minimum atomic E-state index is -0.517. The van der Waals surface area contributed by atoms with Crippen LogP contribution in [0.1, 0.15) is 5.69 Å². The summed E-state index contributed by atoms with van der Waals surface area (Å²) in [6.07, 6.45) is 4.71. The fourth-order valence-electron chi connectivity index (χ4n) is 0.850. The maximum atomic E-state index is 10.8. The predicted octanol–water partition coefficient (Wildman–Crippen LogP) is -0.475. The van der Waals surface area contributed by atoms with E-state index in [1.807, 2.05) is 0 Å². The summed E-state index contributed by atoms with van der Waals surface area (Å²) in [4.78, 5) is 19.5. The van der Waals surface area contributed by atoms with Crippen LogP contribution in [0.25, 0.3) is 0 Å². The third-order valence-electron chi connectivity index (χ3n) is 1.43. The first kappa shape index (κ1) is 9.47. The minimum absolute atomic E-state index is 0.483. The summed E-state index contributed by atoms with van der Waals surface area (Å²) in [6.45, 7) is 3.77. The van der Waals surface area contributed by atoms with Crippen molar-refractivity contribution < 1.29 is 9.63 Å². The van der Waals surface area contributed by atoms with Gasteiger partial charge >= 0.3 is 5.97 Å². The molecule has 0 unspecified atom stereocenters. The van der Waals surface area contributed by atoms with Crippen LogP contribution in [0.4, 0.5) is 0 Å². The number of nitrogens with two attached hydrogens (primary N) is 1. The zero-order valence-electron chi connectivity index (χ0n) is 7.14. The molecule has 0 aromatic carbocycles. The van der Waals surface area contributed by atoms with Crippen molar-refractivity contribution in [2.24, 2.45) is 5.73 Å². The molecule has 0 spiro atoms. The monoisotopic (exact) mass is 181 g/mol. The Morgan fingerprint density at radius 3 is 3.23 bits per heavy atom. The topological polar surface area (TPSA) is 70.1 Å². The average molecular weight is 181 g/mol. The second-order valence-corrected chi connectivity index (χ2v) is 2.36. The highest BCUT2D eigenvalue weighted by atomic mass is 16.7. The molecule has 70 valence electrons. The Labute approximate surface area is 75.8 Å². The molecule has 0 aliphatic carbocycles. The number of carbonyl (C=O) groups is 1. The molecule has 0 saturated carbocycles. The lowest BCUT2D eigenvalue weighted by Gasteiger charge is -2.04. The Morgan fingerprint density at radius 2 is 2.62 bits per heavy atom. The molecule has 5 nitrogen and oxygen atoms in total. The van der Waals surface area contributed by atoms with Crippen LogP contribution in [-0.4, -0.2) is 22.2 Å². The molecular weight excluding hydrogens is 170 g/mol. The number of aromatic nitrogens is 2. The van der Waals surface area contributed by atoms with E-state index in [9.17, 15) is 4.79 Å². The second-order valence-electron chi connectivity index (χ2n) is 2.36. The molecule has 1 heterocycles. The molecule has 1 aromatic rings. The maximum Gasteiger partial charge on any atom is 0.355 e. The summed E-state index contributed by atoms with van der Waals surface area (Å²) in [6, 6.07) is 0. The highest BCUT2D eigenvalue weighted by Gasteiger charge is 2.04. The van der Waals surface area contributed by atoms with Gasteiger partial charge in [-0.25, -0.2) is 9.78 Å². The van der Waals surface area contributed by atoms with Crippen LogP contribution in [-0.2, 0) is 11.2 Å². The van der Waals surface area contributed by atoms with Gasteiger partial charge < -0.3 is 10.6 Å². The molecule has 0 radical (unpaired) electrons. The van der Waals surface area contributed by atoms with Gasteiger partial charge in [0.1, 0.15) is 6.33 Å². The molecule has 0 atom stereocenters. The van der Waals surface area contributed by atoms with E-state index in [0.29, 0.717) is 13.0 Å². The lowest BCUT2D eigenvalue weighted by atomic mass is 10.3. The average Bonchev–Trinajstić information content (AvgIpc) is 2.54. The van der Waals surface area contributed by atoms with Crippen molar-refractivity contribution in [1.29, 1.82) is 0 Å². The zero-order valence-corrected chi connectivity index (χ0v) is 7.14. The van der Waals surface area contributed by atoms with Gasteiger partial charge in [0.25, 0.3) is 0 Å². The van der Waals surface area contributed by atoms with Crippen LogP contribution < -0.4 is 10.6 Å². The first-order chi connectivity index (χ1) is 6.27. The zero-order chi connectivity index (χ0) is 9.68. The molecule has 0 fully saturated rings. The van der Waals surface area contributed by atoms with Gasteiger partial charge in [-0.05, 0) is 6.54 Å². The predicted molar refractivity (Wildman–Crippen MR) is 46.8 cm³/mol. The molecule has 0 aliphatic rings. The van der Waals surface area contributed by atoms with Gasteiger partial charge in [-0.2, -0.15) is 4.73 Å². The van der Waals surface area contributed by atoms with E-state index in [2.05, 4.69) is 11.6 Å². The quantitative estimate of drug-likeness (QED) is 0.637. The molecule has 1 rings (SSSR count). The molecule has 2 N–H and O–H groups in total. The van der Waals surface area contributed by atoms with E-state index >= 15 is 0 Å². The largest absolute Gasteiger partial charge is 0.355 e. The highest BCUT2D eigenvalue weighted by Crippen LogP contribution is 1.96. The first-order valence-electron chi connectivity index (χ1n) is 3.84. The molecular formula is C8H11N3O2. The first-order valence-corrected chi connectivity index (χ1v) is 3.84. The molecule has 0 aliphatic heterocycles. The molecule has 5 heteroatoms. The minimum Gasteiger partial charge on any atom is -0.331 e. The normalized spacial score (nSPS) is 9.62. The lowest BCUT2D eigenvalue weighted by Crippen LogP contribution is -2.20. The van der Waals surface area contributed by atoms with Crippen LogP contribution in [0.5, 0.6) is 0 Å². The van der Waals surface area contributed by atoms with Gasteiger partial charge in [0.2, 0.25) is 0 Å². The van der Waals surface area contributed by atoms with Crippen molar-refractivity contribution in [3.05, 3.63) is 30.9 Å². The van der Waals surface area contributed by atoms with E-state index in [1.165, 1.54) is 11.1 Å². The van der Waals surface area contributed by atoms with E-state index in [1.54, 1.807) is 6.20 Å². The van der Waals surface area contributed by atoms with Crippen LogP contribution in [0.3, 0.4) is 0 Å². The van der Waals surface area contributed by atoms with E-state index < -0.39 is 5.97 Å². The van der Waals surface area contributed by atoms with Crippen LogP contribution in [0, 0.1) is 0 Å². The van der Waals surface area contributed by atoms with Crippen LogP contribution >= 0.6 is 0 Å². The molecule has 0 amide bonds. The standard InChI is InChI=1S/C8H11N3O2/c1-2-8(12)13-11-6-10-5-7(11)3-4-9/h2,5-6H,1,3-4,9H2. The number of imidazole rings is 1. The molecule has 1 aromatic heterocycles. The number of nitrogens with zero attached hydrogens (tertiary/aromatic N) is 2. The fourth-order valence-corrected chi connectivity index (χ4v) is 0.850. The number of carbonyl (C=O) groups excluding carboxylic acids is 1. The van der Waals surface area contributed by atoms with Crippen molar-refractivity contribution in [2.75, 3.05) is 6.54 Å². The van der Waals surface area contributed by atoms with Crippen molar-refractivity contribution in [3.8, 4) is 0 Å². The Balaban J connectivity index is 2.69. The number of hydrogen-bond acceptors (Lipinski definition) is 4. The Morgan fingerprint density at radius 1 is 1.85 bits per heavy atom. The summed E-state index contributed by atoms with van der Waals surface area (Å²) >= 11 is 0. The van der Waals surface area contributed by atoms with Gasteiger partial charge in [0.05, 0.1) is 11.9 Å². The van der Waals surface area contributed by atoms with Gasteiger partial charge in [0, 0.05) is 12.5 Å². The van der Waals surface area contributed by atoms with Crippen molar-refractivity contribution in [2.45, 2.75) is 6.42 Å². The summed E-state index contributed by atoms with van der Waals surface area (Å²) in [5.74, 6) is -0.517. The van der Waals surface area contributed by atoms with E-state index in [4.69, 9.17) is 10.6 Å². The van der Waals surface area contributed by atoms with Crippen LogP contribution in [0.15, 0.2) is 25.2 Å².